The minimum absolute atomic E-state index is 0.0740. The van der Waals surface area contributed by atoms with E-state index in [0.29, 0.717) is 22.7 Å². The molecule has 0 spiro atoms. The number of anilines is 1. The van der Waals surface area contributed by atoms with Crippen LogP contribution in [-0.4, -0.2) is 45.7 Å². The number of rotatable bonds is 10. The molecule has 3 aromatic rings. The maximum atomic E-state index is 13.8. The van der Waals surface area contributed by atoms with Gasteiger partial charge < -0.3 is 9.47 Å². The van der Waals surface area contributed by atoms with Crippen LogP contribution in [0.3, 0.4) is 0 Å². The van der Waals surface area contributed by atoms with Crippen molar-refractivity contribution in [3.63, 3.8) is 0 Å². The molecule has 12 heteroatoms. The highest BCUT2D eigenvalue weighted by Gasteiger charge is 2.29. The number of hydrazone groups is 1. The van der Waals surface area contributed by atoms with Gasteiger partial charge in [-0.25, -0.2) is 13.8 Å². The number of amides is 1. The van der Waals surface area contributed by atoms with Crippen LogP contribution in [0.1, 0.15) is 23.6 Å². The molecule has 3 rings (SSSR count). The molecule has 1 N–H and O–H groups in total. The van der Waals surface area contributed by atoms with Crippen LogP contribution in [-0.2, 0) is 14.8 Å². The molecule has 0 bridgehead atoms. The smallest absolute Gasteiger partial charge is 0.269 e. The maximum Gasteiger partial charge on any atom is 0.269 e. The molecule has 0 radical (unpaired) electrons. The van der Waals surface area contributed by atoms with Gasteiger partial charge in [-0.3, -0.25) is 19.2 Å². The zero-order valence-corrected chi connectivity index (χ0v) is 22.4. The predicted molar refractivity (Wildman–Crippen MR) is 143 cm³/mol. The van der Waals surface area contributed by atoms with E-state index in [9.17, 15) is 23.3 Å². The molecule has 0 heterocycles. The summed E-state index contributed by atoms with van der Waals surface area (Å²) in [6.45, 7) is 4.71. The number of nitrogens with one attached hydrogen (secondary N) is 1. The summed E-state index contributed by atoms with van der Waals surface area (Å²) in [7, 11) is -1.38. The van der Waals surface area contributed by atoms with Crippen molar-refractivity contribution >= 4 is 33.0 Å². The summed E-state index contributed by atoms with van der Waals surface area (Å²) in [5.74, 6) is -0.102. The molecule has 0 aliphatic heterocycles. The Hall–Kier alpha value is -4.45. The minimum atomic E-state index is -4.22. The van der Waals surface area contributed by atoms with Crippen LogP contribution in [0.2, 0.25) is 0 Å². The number of carbonyl (C=O) groups is 1. The fourth-order valence-corrected chi connectivity index (χ4v) is 5.14. The second-order valence-electron chi connectivity index (χ2n) is 8.41. The molecule has 0 fully saturated rings. The van der Waals surface area contributed by atoms with Gasteiger partial charge in [-0.15, -0.1) is 0 Å². The van der Waals surface area contributed by atoms with Crippen molar-refractivity contribution in [2.45, 2.75) is 25.7 Å². The lowest BCUT2D eigenvalue weighted by molar-refractivity contribution is -0.384. The first-order chi connectivity index (χ1) is 18.0. The van der Waals surface area contributed by atoms with E-state index >= 15 is 0 Å². The number of benzene rings is 3. The Morgan fingerprint density at radius 2 is 1.58 bits per heavy atom. The van der Waals surface area contributed by atoms with Crippen LogP contribution in [0.15, 0.2) is 70.7 Å². The van der Waals surface area contributed by atoms with Crippen LogP contribution in [0.5, 0.6) is 11.5 Å². The number of sulfonamides is 1. The molecule has 0 aliphatic carbocycles. The molecule has 38 heavy (non-hydrogen) atoms. The van der Waals surface area contributed by atoms with Gasteiger partial charge in [0.15, 0.2) is 11.5 Å². The third-order valence-electron chi connectivity index (χ3n) is 5.57. The van der Waals surface area contributed by atoms with Crippen LogP contribution in [0.25, 0.3) is 0 Å². The molecule has 0 saturated heterocycles. The van der Waals surface area contributed by atoms with E-state index in [1.807, 2.05) is 19.9 Å². The number of nitro benzene ring substituents is 1. The van der Waals surface area contributed by atoms with Gasteiger partial charge in [0.25, 0.3) is 21.6 Å². The van der Waals surface area contributed by atoms with Crippen molar-refractivity contribution in [2.24, 2.45) is 5.10 Å². The van der Waals surface area contributed by atoms with Gasteiger partial charge in [0.05, 0.1) is 35.4 Å². The average Bonchev–Trinajstić information content (AvgIpc) is 2.89. The quantitative estimate of drug-likeness (QED) is 0.233. The maximum absolute atomic E-state index is 13.8. The van der Waals surface area contributed by atoms with E-state index in [0.717, 1.165) is 15.4 Å². The summed E-state index contributed by atoms with van der Waals surface area (Å²) in [6.07, 6.45) is 0. The Labute approximate surface area is 220 Å². The van der Waals surface area contributed by atoms with E-state index < -0.39 is 27.4 Å². The largest absolute Gasteiger partial charge is 0.493 e. The fourth-order valence-electron chi connectivity index (χ4n) is 3.71. The zero-order valence-electron chi connectivity index (χ0n) is 21.6. The van der Waals surface area contributed by atoms with Crippen LogP contribution in [0, 0.1) is 24.0 Å². The number of hydrogen-bond donors (Lipinski definition) is 1. The molecule has 0 aromatic heterocycles. The highest BCUT2D eigenvalue weighted by molar-refractivity contribution is 7.92. The van der Waals surface area contributed by atoms with E-state index in [1.165, 1.54) is 56.7 Å². The first-order valence-corrected chi connectivity index (χ1v) is 12.8. The molecule has 3 aromatic carbocycles. The van der Waals surface area contributed by atoms with Crippen molar-refractivity contribution in [3.05, 3.63) is 87.5 Å². The van der Waals surface area contributed by atoms with Gasteiger partial charge >= 0.3 is 0 Å². The van der Waals surface area contributed by atoms with Crippen LogP contribution < -0.4 is 19.2 Å². The lowest BCUT2D eigenvalue weighted by Crippen LogP contribution is -2.39. The third-order valence-corrected chi connectivity index (χ3v) is 7.34. The topological polar surface area (TPSA) is 140 Å². The van der Waals surface area contributed by atoms with E-state index in [4.69, 9.17) is 9.47 Å². The Kier molecular flexibility index (Phi) is 8.68. The normalized spacial score (nSPS) is 11.6. The number of hydrogen-bond acceptors (Lipinski definition) is 8. The first-order valence-electron chi connectivity index (χ1n) is 11.4. The predicted octanol–water partition coefficient (Wildman–Crippen LogP) is 3.96. The second kappa shape index (κ2) is 11.7. The summed E-state index contributed by atoms with van der Waals surface area (Å²) in [6, 6.07) is 15.1. The zero-order chi connectivity index (χ0) is 28.0. The highest BCUT2D eigenvalue weighted by Crippen LogP contribution is 2.32. The summed E-state index contributed by atoms with van der Waals surface area (Å²) >= 11 is 0. The van der Waals surface area contributed by atoms with Gasteiger partial charge in [-0.2, -0.15) is 5.10 Å². The number of non-ortho nitro benzene ring substituents is 1. The number of ether oxygens (including phenoxy) is 2. The fraction of sp³-hybridized carbons (Fsp3) is 0.231. The Bertz CT molecular complexity index is 1470. The highest BCUT2D eigenvalue weighted by atomic mass is 32.2. The van der Waals surface area contributed by atoms with Crippen molar-refractivity contribution in [3.8, 4) is 11.5 Å². The standard InChI is InChI=1S/C26H28N4O7S/c1-17-12-18(2)14-22(13-17)29(38(34,35)23-10-11-24(36-4)25(15-23)37-5)16-26(31)28-27-19(3)20-6-8-21(9-7-20)30(32)33/h6-15H,16H2,1-5H3,(H,28,31)/b27-19+. The van der Waals surface area contributed by atoms with E-state index in [1.54, 1.807) is 19.1 Å². The number of nitrogens with zero attached hydrogens (tertiary/aromatic N) is 3. The van der Waals surface area contributed by atoms with Gasteiger partial charge in [0.1, 0.15) is 6.54 Å². The number of methoxy groups -OCH3 is 2. The SMILES string of the molecule is COc1ccc(S(=O)(=O)N(CC(=O)N/N=C(\C)c2ccc([N+](=O)[O-])cc2)c2cc(C)cc(C)c2)cc1OC. The summed E-state index contributed by atoms with van der Waals surface area (Å²) < 4.78 is 39.0. The van der Waals surface area contributed by atoms with Gasteiger partial charge in [0, 0.05) is 18.2 Å². The lowest BCUT2D eigenvalue weighted by Gasteiger charge is -2.25. The van der Waals surface area contributed by atoms with Gasteiger partial charge in [-0.1, -0.05) is 6.07 Å². The Morgan fingerprint density at radius 3 is 2.13 bits per heavy atom. The molecule has 0 aliphatic rings. The summed E-state index contributed by atoms with van der Waals surface area (Å²) in [5, 5.41) is 14.9. The summed E-state index contributed by atoms with van der Waals surface area (Å²) in [5.41, 5.74) is 5.19. The van der Waals surface area contributed by atoms with Gasteiger partial charge in [0.2, 0.25) is 0 Å². The molecule has 1 amide bonds. The molecule has 11 nitrogen and oxygen atoms in total. The molecule has 0 unspecified atom stereocenters. The monoisotopic (exact) mass is 540 g/mol. The van der Waals surface area contributed by atoms with Crippen molar-refractivity contribution in [1.29, 1.82) is 0 Å². The van der Waals surface area contributed by atoms with Crippen molar-refractivity contribution in [1.82, 2.24) is 5.43 Å². The van der Waals surface area contributed by atoms with Crippen LogP contribution >= 0.6 is 0 Å². The third kappa shape index (κ3) is 6.45. The lowest BCUT2D eigenvalue weighted by atomic mass is 10.1. The average molecular weight is 541 g/mol. The molecule has 0 atom stereocenters. The van der Waals surface area contributed by atoms with E-state index in [-0.39, 0.29) is 16.3 Å². The minimum Gasteiger partial charge on any atom is -0.493 e. The van der Waals surface area contributed by atoms with E-state index in [2.05, 4.69) is 10.5 Å². The van der Waals surface area contributed by atoms with Crippen LogP contribution in [0.4, 0.5) is 11.4 Å². The summed E-state index contributed by atoms with van der Waals surface area (Å²) in [4.78, 5) is 23.2. The Balaban J connectivity index is 1.93. The number of aryl methyl sites for hydroxylation is 2. The molecule has 200 valence electrons. The number of carbonyl (C=O) groups excluding carboxylic acids is 1. The van der Waals surface area contributed by atoms with Gasteiger partial charge in [-0.05, 0) is 73.9 Å². The molecular weight excluding hydrogens is 512 g/mol. The van der Waals surface area contributed by atoms with Crippen molar-refractivity contribution in [2.75, 3.05) is 25.1 Å². The molecular formula is C26H28N4O7S. The number of nitro groups is 1. The van der Waals surface area contributed by atoms with Crippen molar-refractivity contribution < 1.29 is 27.6 Å². The molecule has 0 saturated carbocycles. The second-order valence-corrected chi connectivity index (χ2v) is 10.3. The Morgan fingerprint density at radius 1 is 0.974 bits per heavy atom. The first kappa shape index (κ1) is 28.1.